The van der Waals surface area contributed by atoms with Gasteiger partial charge in [-0.3, -0.25) is 14.3 Å². The number of carboxylic acids is 2. The maximum absolute atomic E-state index is 11.8. The second-order valence-corrected chi connectivity index (χ2v) is 4.51. The molecule has 0 aliphatic carbocycles. The molecule has 0 aromatic carbocycles. The third-order valence-corrected chi connectivity index (χ3v) is 3.01. The van der Waals surface area contributed by atoms with E-state index in [9.17, 15) is 14.4 Å². The zero-order valence-electron chi connectivity index (χ0n) is 11.5. The number of nitrogens with one attached hydrogen (secondary N) is 1. The van der Waals surface area contributed by atoms with E-state index in [0.29, 0.717) is 11.3 Å². The van der Waals surface area contributed by atoms with Gasteiger partial charge in [0.05, 0.1) is 18.5 Å². The molecular formula is C12H17N3O5. The first-order valence-electron chi connectivity index (χ1n) is 5.95. The maximum Gasteiger partial charge on any atom is 0.326 e. The molecule has 8 heteroatoms. The number of amides is 1. The predicted octanol–water partition coefficient (Wildman–Crippen LogP) is -0.376. The Morgan fingerprint density at radius 2 is 1.90 bits per heavy atom. The van der Waals surface area contributed by atoms with Crippen LogP contribution in [-0.4, -0.2) is 43.9 Å². The summed E-state index contributed by atoms with van der Waals surface area (Å²) in [5.74, 6) is -3.20. The number of hydrogen-bond acceptors (Lipinski definition) is 4. The zero-order chi connectivity index (χ0) is 15.4. The third kappa shape index (κ3) is 3.81. The van der Waals surface area contributed by atoms with Crippen LogP contribution in [0.25, 0.3) is 0 Å². The van der Waals surface area contributed by atoms with Crippen LogP contribution >= 0.6 is 0 Å². The van der Waals surface area contributed by atoms with E-state index in [4.69, 9.17) is 10.2 Å². The Hall–Kier alpha value is -2.38. The third-order valence-electron chi connectivity index (χ3n) is 3.01. The van der Waals surface area contributed by atoms with Gasteiger partial charge in [-0.15, -0.1) is 0 Å². The number of carboxylic acid groups (broad SMARTS) is 2. The van der Waals surface area contributed by atoms with Crippen LogP contribution in [0.2, 0.25) is 0 Å². The minimum absolute atomic E-state index is 0.0328. The predicted molar refractivity (Wildman–Crippen MR) is 68.2 cm³/mol. The first-order chi connectivity index (χ1) is 9.22. The van der Waals surface area contributed by atoms with Crippen molar-refractivity contribution < 1.29 is 24.6 Å². The van der Waals surface area contributed by atoms with Crippen molar-refractivity contribution in [2.45, 2.75) is 32.7 Å². The fraction of sp³-hybridized carbons (Fsp3) is 0.500. The van der Waals surface area contributed by atoms with Gasteiger partial charge in [-0.1, -0.05) is 0 Å². The Labute approximate surface area is 115 Å². The average Bonchev–Trinajstić information content (AvgIpc) is 2.54. The molecule has 0 saturated carbocycles. The molecule has 8 nitrogen and oxygen atoms in total. The van der Waals surface area contributed by atoms with Crippen molar-refractivity contribution in [2.75, 3.05) is 0 Å². The molecule has 1 amide bonds. The SMILES string of the molecule is Cc1nn(C)c(C)c1CC(=O)N[C@@H](CC(=O)O)C(=O)O. The number of carbonyl (C=O) groups is 3. The topological polar surface area (TPSA) is 122 Å². The van der Waals surface area contributed by atoms with Gasteiger partial charge in [0.15, 0.2) is 0 Å². The Morgan fingerprint density at radius 1 is 1.30 bits per heavy atom. The highest BCUT2D eigenvalue weighted by molar-refractivity contribution is 5.87. The number of aliphatic carboxylic acids is 2. The molecule has 1 aromatic rings. The molecule has 1 aromatic heterocycles. The highest BCUT2D eigenvalue weighted by Gasteiger charge is 2.24. The van der Waals surface area contributed by atoms with Crippen LogP contribution in [0.4, 0.5) is 0 Å². The molecule has 0 aliphatic rings. The molecule has 1 atom stereocenters. The van der Waals surface area contributed by atoms with E-state index < -0.39 is 30.3 Å². The van der Waals surface area contributed by atoms with Gasteiger partial charge in [0.2, 0.25) is 5.91 Å². The quantitative estimate of drug-likeness (QED) is 0.654. The van der Waals surface area contributed by atoms with Crippen LogP contribution in [0.15, 0.2) is 0 Å². The summed E-state index contributed by atoms with van der Waals surface area (Å²) in [5.41, 5.74) is 2.21. The number of rotatable bonds is 6. The summed E-state index contributed by atoms with van der Waals surface area (Å²) in [6.45, 7) is 3.55. The number of hydrogen-bond donors (Lipinski definition) is 3. The Balaban J connectivity index is 2.75. The van der Waals surface area contributed by atoms with Crippen molar-refractivity contribution in [1.82, 2.24) is 15.1 Å². The van der Waals surface area contributed by atoms with Crippen LogP contribution in [0, 0.1) is 13.8 Å². The van der Waals surface area contributed by atoms with Crippen LogP contribution in [-0.2, 0) is 27.9 Å². The monoisotopic (exact) mass is 283 g/mol. The maximum atomic E-state index is 11.8. The van der Waals surface area contributed by atoms with Crippen LogP contribution in [0.3, 0.4) is 0 Å². The van der Waals surface area contributed by atoms with Gasteiger partial charge < -0.3 is 15.5 Å². The van der Waals surface area contributed by atoms with Gasteiger partial charge in [-0.25, -0.2) is 4.79 Å². The van der Waals surface area contributed by atoms with Crippen molar-refractivity contribution in [3.05, 3.63) is 17.0 Å². The molecule has 0 saturated heterocycles. The molecule has 0 spiro atoms. The molecular weight excluding hydrogens is 266 g/mol. The van der Waals surface area contributed by atoms with E-state index >= 15 is 0 Å². The zero-order valence-corrected chi connectivity index (χ0v) is 11.5. The van der Waals surface area contributed by atoms with Crippen LogP contribution in [0.1, 0.15) is 23.4 Å². The fourth-order valence-corrected chi connectivity index (χ4v) is 1.85. The number of nitrogens with zero attached hydrogens (tertiary/aromatic N) is 2. The highest BCUT2D eigenvalue weighted by Crippen LogP contribution is 2.12. The lowest BCUT2D eigenvalue weighted by molar-refractivity contribution is -0.147. The van der Waals surface area contributed by atoms with Gasteiger partial charge in [0.1, 0.15) is 6.04 Å². The lowest BCUT2D eigenvalue weighted by Crippen LogP contribution is -2.43. The highest BCUT2D eigenvalue weighted by atomic mass is 16.4. The van der Waals surface area contributed by atoms with E-state index in [2.05, 4.69) is 10.4 Å². The lowest BCUT2D eigenvalue weighted by Gasteiger charge is -2.12. The Morgan fingerprint density at radius 3 is 2.30 bits per heavy atom. The summed E-state index contributed by atoms with van der Waals surface area (Å²) >= 11 is 0. The van der Waals surface area contributed by atoms with E-state index in [1.807, 2.05) is 0 Å². The smallest absolute Gasteiger partial charge is 0.326 e. The van der Waals surface area contributed by atoms with Gasteiger partial charge in [0, 0.05) is 18.3 Å². The van der Waals surface area contributed by atoms with Crippen molar-refractivity contribution in [3.63, 3.8) is 0 Å². The molecule has 20 heavy (non-hydrogen) atoms. The second kappa shape index (κ2) is 6.18. The summed E-state index contributed by atoms with van der Waals surface area (Å²) in [6, 6.07) is -1.43. The molecule has 0 radical (unpaired) electrons. The summed E-state index contributed by atoms with van der Waals surface area (Å²) in [5, 5.41) is 23.8. The van der Waals surface area contributed by atoms with Crippen LogP contribution in [0.5, 0.6) is 0 Å². The largest absolute Gasteiger partial charge is 0.481 e. The molecule has 3 N–H and O–H groups in total. The van der Waals surface area contributed by atoms with Gasteiger partial charge in [-0.2, -0.15) is 5.10 Å². The molecule has 0 fully saturated rings. The van der Waals surface area contributed by atoms with Gasteiger partial charge in [0.25, 0.3) is 0 Å². The van der Waals surface area contributed by atoms with E-state index in [1.54, 1.807) is 25.6 Å². The minimum Gasteiger partial charge on any atom is -0.481 e. The van der Waals surface area contributed by atoms with E-state index in [-0.39, 0.29) is 6.42 Å². The van der Waals surface area contributed by atoms with Crippen molar-refractivity contribution >= 4 is 17.8 Å². The molecule has 1 rings (SSSR count). The first-order valence-corrected chi connectivity index (χ1v) is 5.95. The minimum atomic E-state index is -1.43. The first kappa shape index (κ1) is 15.7. The molecule has 0 unspecified atom stereocenters. The standard InChI is InChI=1S/C12H17N3O5/c1-6-8(7(2)15(3)14-6)4-10(16)13-9(12(19)20)5-11(17)18/h9H,4-5H2,1-3H3,(H,13,16)(H,17,18)(H,19,20)/t9-/m0/s1. The summed E-state index contributed by atoms with van der Waals surface area (Å²) in [7, 11) is 1.74. The van der Waals surface area contributed by atoms with Gasteiger partial charge >= 0.3 is 11.9 Å². The lowest BCUT2D eigenvalue weighted by atomic mass is 10.1. The normalized spacial score (nSPS) is 11.9. The molecule has 0 aliphatic heterocycles. The summed E-state index contributed by atoms with van der Waals surface area (Å²) < 4.78 is 1.63. The van der Waals surface area contributed by atoms with Crippen molar-refractivity contribution in [3.8, 4) is 0 Å². The average molecular weight is 283 g/mol. The summed E-state index contributed by atoms with van der Waals surface area (Å²) in [4.78, 5) is 33.2. The molecule has 110 valence electrons. The van der Waals surface area contributed by atoms with E-state index in [0.717, 1.165) is 5.69 Å². The number of carbonyl (C=O) groups excluding carboxylic acids is 1. The number of aromatic nitrogens is 2. The molecule has 1 heterocycles. The Kier molecular flexibility index (Phi) is 4.84. The van der Waals surface area contributed by atoms with Crippen molar-refractivity contribution in [1.29, 1.82) is 0 Å². The molecule has 0 bridgehead atoms. The van der Waals surface area contributed by atoms with Crippen LogP contribution < -0.4 is 5.32 Å². The Bertz CT molecular complexity index is 550. The van der Waals surface area contributed by atoms with E-state index in [1.165, 1.54) is 0 Å². The summed E-state index contributed by atoms with van der Waals surface area (Å²) in [6.07, 6.45) is -0.693. The van der Waals surface area contributed by atoms with Gasteiger partial charge in [-0.05, 0) is 13.8 Å². The fourth-order valence-electron chi connectivity index (χ4n) is 1.85. The second-order valence-electron chi connectivity index (χ2n) is 4.51. The number of aryl methyl sites for hydroxylation is 2. The van der Waals surface area contributed by atoms with Crippen molar-refractivity contribution in [2.24, 2.45) is 7.05 Å².